The van der Waals surface area contributed by atoms with Gasteiger partial charge in [0.1, 0.15) is 5.82 Å². The monoisotopic (exact) mass is 394 g/mol. The number of nitrogens with zero attached hydrogens (tertiary/aromatic N) is 4. The summed E-state index contributed by atoms with van der Waals surface area (Å²) in [6.07, 6.45) is 12.2. The molecule has 0 amide bonds. The molecule has 0 bridgehead atoms. The van der Waals surface area contributed by atoms with Gasteiger partial charge in [-0.25, -0.2) is 15.0 Å². The van der Waals surface area contributed by atoms with Gasteiger partial charge in [-0.2, -0.15) is 0 Å². The Labute approximate surface area is 167 Å². The average molecular weight is 395 g/mol. The Morgan fingerprint density at radius 1 is 1.07 bits per heavy atom. The molecule has 0 spiro atoms. The topological polar surface area (TPSA) is 84.7 Å². The quantitative estimate of drug-likeness (QED) is 0.621. The fourth-order valence-corrected chi connectivity index (χ4v) is 3.74. The molecule has 0 radical (unpaired) electrons. The number of anilines is 2. The number of hydrogen-bond acceptors (Lipinski definition) is 7. The fraction of sp³-hybridized carbons (Fsp3) is 0.300. The van der Waals surface area contributed by atoms with Gasteiger partial charge in [0.05, 0.1) is 5.69 Å². The summed E-state index contributed by atoms with van der Waals surface area (Å²) < 4.78 is 1.61. The second-order valence-electron chi connectivity index (χ2n) is 6.75. The standard InChI is InChI=1S/C20H22N6OS/c1-28-17-12-22-20(23-13-17)25-15-6-5-14(10-15)24-18-11-16(7-8-21-18)26-9-3-2-4-19(26)27/h2-4,7-9,11-15H,5-6,10H2,1H3,(H,21,24)(H,22,23,25)/t14-,15-/m0/s1. The zero-order valence-electron chi connectivity index (χ0n) is 15.6. The van der Waals surface area contributed by atoms with Crippen molar-refractivity contribution in [2.24, 2.45) is 0 Å². The first-order chi connectivity index (χ1) is 13.7. The Kier molecular flexibility index (Phi) is 5.57. The van der Waals surface area contributed by atoms with Crippen molar-refractivity contribution in [2.45, 2.75) is 36.2 Å². The summed E-state index contributed by atoms with van der Waals surface area (Å²) in [5.41, 5.74) is 0.746. The molecule has 7 nitrogen and oxygen atoms in total. The first-order valence-electron chi connectivity index (χ1n) is 9.24. The summed E-state index contributed by atoms with van der Waals surface area (Å²) in [6.45, 7) is 0. The summed E-state index contributed by atoms with van der Waals surface area (Å²) in [5.74, 6) is 1.45. The average Bonchev–Trinajstić information content (AvgIpc) is 3.16. The molecule has 3 heterocycles. The van der Waals surface area contributed by atoms with Crippen LogP contribution in [-0.4, -0.2) is 37.9 Å². The molecule has 0 aliphatic heterocycles. The number of hydrogen-bond donors (Lipinski definition) is 2. The normalized spacial score (nSPS) is 18.8. The van der Waals surface area contributed by atoms with Crippen LogP contribution in [0.4, 0.5) is 11.8 Å². The zero-order valence-corrected chi connectivity index (χ0v) is 16.4. The first-order valence-corrected chi connectivity index (χ1v) is 10.5. The first kappa shape index (κ1) is 18.5. The molecule has 1 aliphatic rings. The highest BCUT2D eigenvalue weighted by Crippen LogP contribution is 2.25. The second kappa shape index (κ2) is 8.43. The maximum atomic E-state index is 12.0. The largest absolute Gasteiger partial charge is 0.367 e. The van der Waals surface area contributed by atoms with Gasteiger partial charge in [-0.3, -0.25) is 9.36 Å². The lowest BCUT2D eigenvalue weighted by molar-refractivity contribution is 0.716. The van der Waals surface area contributed by atoms with E-state index in [2.05, 4.69) is 25.6 Å². The van der Waals surface area contributed by atoms with E-state index in [1.807, 2.05) is 36.8 Å². The SMILES string of the molecule is CSc1cnc(N[C@H]2CC[C@H](Nc3cc(-n4ccccc4=O)ccn3)C2)nc1. The Morgan fingerprint density at radius 2 is 1.86 bits per heavy atom. The van der Waals surface area contributed by atoms with Crippen LogP contribution in [-0.2, 0) is 0 Å². The van der Waals surface area contributed by atoms with E-state index < -0.39 is 0 Å². The zero-order chi connectivity index (χ0) is 19.3. The molecule has 2 N–H and O–H groups in total. The van der Waals surface area contributed by atoms with Crippen LogP contribution in [0.5, 0.6) is 0 Å². The van der Waals surface area contributed by atoms with E-state index in [-0.39, 0.29) is 5.56 Å². The van der Waals surface area contributed by atoms with Gasteiger partial charge in [0, 0.05) is 53.9 Å². The molecule has 28 heavy (non-hydrogen) atoms. The van der Waals surface area contributed by atoms with Crippen LogP contribution >= 0.6 is 11.8 Å². The van der Waals surface area contributed by atoms with Crippen LogP contribution in [0.25, 0.3) is 5.69 Å². The summed E-state index contributed by atoms with van der Waals surface area (Å²) >= 11 is 1.63. The van der Waals surface area contributed by atoms with Gasteiger partial charge in [-0.15, -0.1) is 11.8 Å². The molecular formula is C20H22N6OS. The Hall–Kier alpha value is -2.87. The molecule has 0 aromatic carbocycles. The predicted octanol–water partition coefficient (Wildman–Crippen LogP) is 3.19. The number of nitrogens with one attached hydrogen (secondary N) is 2. The van der Waals surface area contributed by atoms with Gasteiger partial charge in [0.2, 0.25) is 5.95 Å². The van der Waals surface area contributed by atoms with Crippen LogP contribution in [0.2, 0.25) is 0 Å². The maximum absolute atomic E-state index is 12.0. The van der Waals surface area contributed by atoms with Gasteiger partial charge < -0.3 is 10.6 Å². The van der Waals surface area contributed by atoms with Gasteiger partial charge >= 0.3 is 0 Å². The molecule has 1 saturated carbocycles. The van der Waals surface area contributed by atoms with Crippen molar-refractivity contribution in [3.63, 3.8) is 0 Å². The van der Waals surface area contributed by atoms with Gasteiger partial charge in [-0.05, 0) is 37.7 Å². The van der Waals surface area contributed by atoms with Crippen LogP contribution in [0, 0.1) is 0 Å². The highest BCUT2D eigenvalue weighted by Gasteiger charge is 2.25. The second-order valence-corrected chi connectivity index (χ2v) is 7.63. The number of rotatable bonds is 6. The van der Waals surface area contributed by atoms with E-state index in [1.54, 1.807) is 40.9 Å². The lowest BCUT2D eigenvalue weighted by Gasteiger charge is -2.16. The Morgan fingerprint density at radius 3 is 2.61 bits per heavy atom. The van der Waals surface area contributed by atoms with Crippen molar-refractivity contribution < 1.29 is 0 Å². The molecule has 2 atom stereocenters. The summed E-state index contributed by atoms with van der Waals surface area (Å²) in [4.78, 5) is 26.2. The van der Waals surface area contributed by atoms with E-state index in [4.69, 9.17) is 0 Å². The summed E-state index contributed by atoms with van der Waals surface area (Å²) in [5, 5.41) is 6.91. The third-order valence-corrected chi connectivity index (χ3v) is 5.51. The molecule has 1 aliphatic carbocycles. The number of pyridine rings is 2. The molecule has 4 rings (SSSR count). The van der Waals surface area contributed by atoms with Crippen LogP contribution in [0.1, 0.15) is 19.3 Å². The number of thioether (sulfide) groups is 1. The molecule has 0 unspecified atom stereocenters. The molecule has 1 fully saturated rings. The highest BCUT2D eigenvalue weighted by molar-refractivity contribution is 7.98. The third kappa shape index (κ3) is 4.33. The third-order valence-electron chi connectivity index (χ3n) is 4.83. The van der Waals surface area contributed by atoms with Crippen molar-refractivity contribution in [3.05, 3.63) is 65.5 Å². The van der Waals surface area contributed by atoms with E-state index >= 15 is 0 Å². The van der Waals surface area contributed by atoms with E-state index in [1.165, 1.54) is 0 Å². The van der Waals surface area contributed by atoms with Crippen molar-refractivity contribution in [1.82, 2.24) is 19.5 Å². The minimum atomic E-state index is -0.0581. The van der Waals surface area contributed by atoms with Crippen LogP contribution in [0.3, 0.4) is 0 Å². The van der Waals surface area contributed by atoms with Crippen LogP contribution in [0.15, 0.2) is 64.8 Å². The van der Waals surface area contributed by atoms with Gasteiger partial charge in [-0.1, -0.05) is 6.07 Å². The lowest BCUT2D eigenvalue weighted by Crippen LogP contribution is -2.22. The van der Waals surface area contributed by atoms with Gasteiger partial charge in [0.15, 0.2) is 0 Å². The van der Waals surface area contributed by atoms with Crippen molar-refractivity contribution in [1.29, 1.82) is 0 Å². The maximum Gasteiger partial charge on any atom is 0.255 e. The van der Waals surface area contributed by atoms with Crippen LogP contribution < -0.4 is 16.2 Å². The summed E-state index contributed by atoms with van der Waals surface area (Å²) in [6, 6.07) is 9.53. The Bertz CT molecular complexity index is 990. The molecule has 3 aromatic rings. The Balaban J connectivity index is 1.38. The molecule has 0 saturated heterocycles. The predicted molar refractivity (Wildman–Crippen MR) is 112 cm³/mol. The highest BCUT2D eigenvalue weighted by atomic mass is 32.2. The molecule has 3 aromatic heterocycles. The van der Waals surface area contributed by atoms with Crippen molar-refractivity contribution in [2.75, 3.05) is 16.9 Å². The minimum Gasteiger partial charge on any atom is -0.367 e. The fourth-order valence-electron chi connectivity index (χ4n) is 3.42. The minimum absolute atomic E-state index is 0.0581. The van der Waals surface area contributed by atoms with Crippen molar-refractivity contribution >= 4 is 23.5 Å². The summed E-state index contributed by atoms with van der Waals surface area (Å²) in [7, 11) is 0. The smallest absolute Gasteiger partial charge is 0.255 e. The number of aromatic nitrogens is 4. The molecule has 8 heteroatoms. The van der Waals surface area contributed by atoms with E-state index in [0.717, 1.165) is 35.7 Å². The lowest BCUT2D eigenvalue weighted by atomic mass is 10.2. The van der Waals surface area contributed by atoms with Gasteiger partial charge in [0.25, 0.3) is 5.56 Å². The molecule has 144 valence electrons. The van der Waals surface area contributed by atoms with E-state index in [0.29, 0.717) is 18.0 Å². The molecular weight excluding hydrogens is 372 g/mol. The van der Waals surface area contributed by atoms with Crippen molar-refractivity contribution in [3.8, 4) is 5.69 Å². The van der Waals surface area contributed by atoms with E-state index in [9.17, 15) is 4.79 Å².